The van der Waals surface area contributed by atoms with Crippen LogP contribution in [0.1, 0.15) is 12.5 Å². The van der Waals surface area contributed by atoms with Crippen molar-refractivity contribution in [2.45, 2.75) is 11.8 Å². The van der Waals surface area contributed by atoms with Crippen LogP contribution in [0, 0.1) is 0 Å². The van der Waals surface area contributed by atoms with E-state index in [1.165, 1.54) is 49.6 Å². The summed E-state index contributed by atoms with van der Waals surface area (Å²) >= 11 is 13.0. The number of hydrogen-bond donors (Lipinski definition) is 0. The number of rotatable bonds is 11. The van der Waals surface area contributed by atoms with Crippen molar-refractivity contribution < 1.29 is 36.4 Å². The highest BCUT2D eigenvalue weighted by Crippen LogP contribution is 2.40. The van der Waals surface area contributed by atoms with Crippen LogP contribution in [0.3, 0.4) is 0 Å². The fourth-order valence-corrected chi connectivity index (χ4v) is 5.85. The lowest BCUT2D eigenvalue weighted by Gasteiger charge is -2.15. The summed E-state index contributed by atoms with van der Waals surface area (Å²) < 4.78 is 47.5. The Bertz CT molecular complexity index is 1560. The molecule has 0 aliphatic carbocycles. The molecule has 0 saturated carbocycles. The average Bonchev–Trinajstić information content (AvgIpc) is 3.18. The van der Waals surface area contributed by atoms with Crippen molar-refractivity contribution in [3.8, 4) is 23.0 Å². The van der Waals surface area contributed by atoms with E-state index in [0.717, 1.165) is 16.7 Å². The first-order chi connectivity index (χ1) is 19.1. The number of amides is 2. The number of halogens is 2. The first kappa shape index (κ1) is 29.6. The maximum absolute atomic E-state index is 13.0. The minimum Gasteiger partial charge on any atom is -0.493 e. The van der Waals surface area contributed by atoms with Gasteiger partial charge in [-0.1, -0.05) is 35.3 Å². The molecule has 0 spiro atoms. The minimum absolute atomic E-state index is 0.0281. The quantitative estimate of drug-likeness (QED) is 0.180. The van der Waals surface area contributed by atoms with Crippen LogP contribution < -0.4 is 18.4 Å². The first-order valence-corrected chi connectivity index (χ1v) is 14.8. The summed E-state index contributed by atoms with van der Waals surface area (Å²) in [7, 11) is -2.74. The summed E-state index contributed by atoms with van der Waals surface area (Å²) in [5.41, 5.74) is 0.403. The van der Waals surface area contributed by atoms with E-state index in [0.29, 0.717) is 22.1 Å². The molecule has 0 radical (unpaired) electrons. The molecule has 0 aromatic heterocycles. The Kier molecular flexibility index (Phi) is 9.52. The number of hydrogen-bond acceptors (Lipinski definition) is 9. The van der Waals surface area contributed by atoms with Crippen LogP contribution in [0.25, 0.3) is 6.08 Å². The van der Waals surface area contributed by atoms with Crippen LogP contribution in [-0.4, -0.2) is 51.3 Å². The molecule has 9 nitrogen and oxygen atoms in total. The van der Waals surface area contributed by atoms with Crippen molar-refractivity contribution in [1.82, 2.24) is 4.90 Å². The highest BCUT2D eigenvalue weighted by Gasteiger charge is 2.35. The van der Waals surface area contributed by atoms with Gasteiger partial charge in [-0.2, -0.15) is 8.42 Å². The zero-order valence-electron chi connectivity index (χ0n) is 21.3. The molecule has 1 heterocycles. The SMILES string of the molecule is CCOc1cc(/C=C2\SC(=O)N(CCOc3ccccc3OC)C2=O)cc(Cl)c1OS(=O)(=O)c1ccc(Cl)cc1. The van der Waals surface area contributed by atoms with Crippen molar-refractivity contribution in [3.63, 3.8) is 0 Å². The second-order valence-corrected chi connectivity index (χ2v) is 11.5. The number of para-hydroxylation sites is 2. The van der Waals surface area contributed by atoms with Gasteiger partial charge in [-0.3, -0.25) is 14.5 Å². The van der Waals surface area contributed by atoms with E-state index in [4.69, 9.17) is 41.6 Å². The lowest BCUT2D eigenvalue weighted by molar-refractivity contribution is -0.123. The van der Waals surface area contributed by atoms with Gasteiger partial charge in [0, 0.05) is 5.02 Å². The summed E-state index contributed by atoms with van der Waals surface area (Å²) in [5, 5.41) is -0.158. The number of nitrogens with zero attached hydrogens (tertiary/aromatic N) is 1. The number of benzene rings is 3. The number of methoxy groups -OCH3 is 1. The van der Waals surface area contributed by atoms with Crippen molar-refractivity contribution >= 4 is 62.3 Å². The van der Waals surface area contributed by atoms with Gasteiger partial charge in [-0.25, -0.2) is 0 Å². The Morgan fingerprint density at radius 3 is 2.33 bits per heavy atom. The fraction of sp³-hybridized carbons (Fsp3) is 0.185. The van der Waals surface area contributed by atoms with Gasteiger partial charge >= 0.3 is 10.1 Å². The van der Waals surface area contributed by atoms with E-state index in [1.807, 2.05) is 0 Å². The molecule has 2 amide bonds. The monoisotopic (exact) mass is 623 g/mol. The number of carbonyl (C=O) groups is 2. The Hall–Kier alpha value is -3.38. The van der Waals surface area contributed by atoms with E-state index in [9.17, 15) is 18.0 Å². The second-order valence-electron chi connectivity index (χ2n) is 8.09. The topological polar surface area (TPSA) is 108 Å². The molecule has 1 aliphatic heterocycles. The maximum Gasteiger partial charge on any atom is 0.339 e. The summed E-state index contributed by atoms with van der Waals surface area (Å²) in [6.07, 6.45) is 1.47. The zero-order valence-corrected chi connectivity index (χ0v) is 24.4. The molecular weight excluding hydrogens is 601 g/mol. The molecule has 1 fully saturated rings. The molecule has 0 atom stereocenters. The molecule has 210 valence electrons. The molecule has 0 unspecified atom stereocenters. The van der Waals surface area contributed by atoms with Crippen molar-refractivity contribution in [1.29, 1.82) is 0 Å². The third kappa shape index (κ3) is 6.84. The van der Waals surface area contributed by atoms with E-state index >= 15 is 0 Å². The molecule has 0 N–H and O–H groups in total. The van der Waals surface area contributed by atoms with Gasteiger partial charge in [0.2, 0.25) is 5.75 Å². The Morgan fingerprint density at radius 1 is 0.950 bits per heavy atom. The van der Waals surface area contributed by atoms with Gasteiger partial charge in [0.25, 0.3) is 11.1 Å². The van der Waals surface area contributed by atoms with Crippen LogP contribution >= 0.6 is 35.0 Å². The van der Waals surface area contributed by atoms with Crippen molar-refractivity contribution in [3.05, 3.63) is 81.2 Å². The van der Waals surface area contributed by atoms with Crippen LogP contribution in [0.5, 0.6) is 23.0 Å². The minimum atomic E-state index is -4.25. The summed E-state index contributed by atoms with van der Waals surface area (Å²) in [4.78, 5) is 26.6. The third-order valence-electron chi connectivity index (χ3n) is 5.44. The largest absolute Gasteiger partial charge is 0.493 e. The zero-order chi connectivity index (χ0) is 28.9. The fourth-order valence-electron chi connectivity index (χ4n) is 3.60. The predicted octanol–water partition coefficient (Wildman–Crippen LogP) is 6.28. The molecule has 4 rings (SSSR count). The van der Waals surface area contributed by atoms with E-state index in [-0.39, 0.29) is 46.1 Å². The van der Waals surface area contributed by atoms with Gasteiger partial charge < -0.3 is 18.4 Å². The van der Waals surface area contributed by atoms with Crippen molar-refractivity contribution in [2.75, 3.05) is 26.9 Å². The average molecular weight is 625 g/mol. The Morgan fingerprint density at radius 2 is 1.65 bits per heavy atom. The molecule has 3 aromatic rings. The maximum atomic E-state index is 13.0. The van der Waals surface area contributed by atoms with Crippen molar-refractivity contribution in [2.24, 2.45) is 0 Å². The molecule has 13 heteroatoms. The van der Waals surface area contributed by atoms with Gasteiger partial charge in [-0.05, 0) is 78.9 Å². The summed E-state index contributed by atoms with van der Waals surface area (Å²) in [5.74, 6) is 0.358. The highest BCUT2D eigenvalue weighted by molar-refractivity contribution is 8.18. The summed E-state index contributed by atoms with van der Waals surface area (Å²) in [6.45, 7) is 1.98. The summed E-state index contributed by atoms with van der Waals surface area (Å²) in [6, 6.07) is 15.4. The predicted molar refractivity (Wildman–Crippen MR) is 153 cm³/mol. The first-order valence-electron chi connectivity index (χ1n) is 11.8. The molecular formula is C27H23Cl2NO8S2. The lowest BCUT2D eigenvalue weighted by Crippen LogP contribution is -2.32. The van der Waals surface area contributed by atoms with Gasteiger partial charge in [0.15, 0.2) is 17.2 Å². The number of carbonyl (C=O) groups excluding carboxylic acids is 2. The van der Waals surface area contributed by atoms with E-state index in [1.54, 1.807) is 31.2 Å². The van der Waals surface area contributed by atoms with E-state index < -0.39 is 21.3 Å². The van der Waals surface area contributed by atoms with Gasteiger partial charge in [-0.15, -0.1) is 0 Å². The third-order valence-corrected chi connectivity index (χ3v) is 8.12. The molecule has 1 saturated heterocycles. The number of ether oxygens (including phenoxy) is 3. The lowest BCUT2D eigenvalue weighted by atomic mass is 10.2. The smallest absolute Gasteiger partial charge is 0.339 e. The molecule has 1 aliphatic rings. The van der Waals surface area contributed by atoms with Crippen LogP contribution in [0.2, 0.25) is 10.0 Å². The Balaban J connectivity index is 1.52. The number of imide groups is 1. The standard InChI is InChI=1S/C27H23Cl2NO8S2/c1-3-36-23-15-17(14-20(29)25(23)38-40(33,34)19-10-8-18(28)9-11-19)16-24-26(31)30(27(32)39-24)12-13-37-22-7-5-4-6-21(22)35-2/h4-11,14-16H,3,12-13H2,1-2H3/b24-16-. The Labute approximate surface area is 245 Å². The van der Waals surface area contributed by atoms with Crippen LogP contribution in [0.15, 0.2) is 70.5 Å². The molecule has 3 aromatic carbocycles. The van der Waals surface area contributed by atoms with Crippen LogP contribution in [-0.2, 0) is 14.9 Å². The molecule has 0 bridgehead atoms. The normalized spacial score (nSPS) is 14.5. The van der Waals surface area contributed by atoms with E-state index in [2.05, 4.69) is 0 Å². The number of thioether (sulfide) groups is 1. The second kappa shape index (κ2) is 12.9. The van der Waals surface area contributed by atoms with Gasteiger partial charge in [0.1, 0.15) is 11.5 Å². The highest BCUT2D eigenvalue weighted by atomic mass is 35.5. The molecule has 40 heavy (non-hydrogen) atoms. The van der Waals surface area contributed by atoms with Gasteiger partial charge in [0.05, 0.1) is 30.2 Å². The van der Waals surface area contributed by atoms with Crippen LogP contribution in [0.4, 0.5) is 4.79 Å².